The summed E-state index contributed by atoms with van der Waals surface area (Å²) in [7, 11) is -2.50. The summed E-state index contributed by atoms with van der Waals surface area (Å²) in [5, 5.41) is 0.523. The van der Waals surface area contributed by atoms with Gasteiger partial charge in [-0.3, -0.25) is 4.79 Å². The molecule has 2 aromatic heterocycles. The van der Waals surface area contributed by atoms with Crippen LogP contribution in [0.3, 0.4) is 0 Å². The minimum Gasteiger partial charge on any atom is -0.495 e. The van der Waals surface area contributed by atoms with Gasteiger partial charge in [0.25, 0.3) is 10.0 Å². The quantitative estimate of drug-likeness (QED) is 0.591. The van der Waals surface area contributed by atoms with E-state index in [1.165, 1.54) is 25.4 Å². The van der Waals surface area contributed by atoms with Crippen LogP contribution in [0.4, 0.5) is 0 Å². The molecule has 3 aromatic rings. The van der Waals surface area contributed by atoms with Crippen molar-refractivity contribution in [1.82, 2.24) is 8.96 Å². The maximum absolute atomic E-state index is 13.3. The maximum Gasteiger partial charge on any atom is 0.270 e. The first-order chi connectivity index (χ1) is 13.5. The molecular formula is C20H20N2O5S. The van der Waals surface area contributed by atoms with Gasteiger partial charge in [0, 0.05) is 18.4 Å². The van der Waals surface area contributed by atoms with Gasteiger partial charge in [-0.25, -0.2) is 17.4 Å². The molecule has 1 aromatic carbocycles. The molecule has 4 rings (SSSR count). The fourth-order valence-corrected chi connectivity index (χ4v) is 4.92. The van der Waals surface area contributed by atoms with Gasteiger partial charge in [-0.05, 0) is 37.1 Å². The van der Waals surface area contributed by atoms with Gasteiger partial charge in [0.2, 0.25) is 0 Å². The summed E-state index contributed by atoms with van der Waals surface area (Å²) in [5.41, 5.74) is 0.274. The zero-order chi connectivity index (χ0) is 19.7. The largest absolute Gasteiger partial charge is 0.495 e. The molecule has 0 N–H and O–H groups in total. The average molecular weight is 400 g/mol. The minimum absolute atomic E-state index is 0.0788. The van der Waals surface area contributed by atoms with Crippen LogP contribution in [0.1, 0.15) is 29.8 Å². The highest BCUT2D eigenvalue weighted by Gasteiger charge is 2.29. The lowest BCUT2D eigenvalue weighted by Gasteiger charge is -2.12. The summed E-state index contributed by atoms with van der Waals surface area (Å²) >= 11 is 0. The number of Topliss-reactive ketones (excluding diaryl/α,β-unsaturated/α-hetero) is 1. The molecule has 28 heavy (non-hydrogen) atoms. The summed E-state index contributed by atoms with van der Waals surface area (Å²) in [6.45, 7) is 0.627. The molecule has 146 valence electrons. The van der Waals surface area contributed by atoms with E-state index >= 15 is 0 Å². The lowest BCUT2D eigenvalue weighted by Crippen LogP contribution is -2.21. The first kappa shape index (κ1) is 18.6. The smallest absolute Gasteiger partial charge is 0.270 e. The molecule has 1 aliphatic heterocycles. The van der Waals surface area contributed by atoms with E-state index in [-0.39, 0.29) is 34.5 Å². The van der Waals surface area contributed by atoms with Crippen LogP contribution in [0, 0.1) is 0 Å². The Kier molecular flexibility index (Phi) is 4.91. The van der Waals surface area contributed by atoms with Crippen LogP contribution < -0.4 is 4.74 Å². The van der Waals surface area contributed by atoms with Crippen molar-refractivity contribution in [3.8, 4) is 5.75 Å². The summed E-state index contributed by atoms with van der Waals surface area (Å²) in [5.74, 6) is 0.197. The SMILES string of the molecule is COc1cnc2c(c1)cc(C(=O)CC1CCCO1)n2S(=O)(=O)c1ccccc1. The minimum atomic E-state index is -4.00. The zero-order valence-corrected chi connectivity index (χ0v) is 16.2. The van der Waals surface area contributed by atoms with Crippen molar-refractivity contribution < 1.29 is 22.7 Å². The molecule has 1 aliphatic rings. The van der Waals surface area contributed by atoms with Crippen LogP contribution in [-0.4, -0.2) is 43.0 Å². The van der Waals surface area contributed by atoms with Crippen LogP contribution in [0.25, 0.3) is 11.0 Å². The summed E-state index contributed by atoms with van der Waals surface area (Å²) in [4.78, 5) is 17.3. The highest BCUT2D eigenvalue weighted by atomic mass is 32.2. The van der Waals surface area contributed by atoms with E-state index < -0.39 is 10.0 Å². The normalized spacial score (nSPS) is 17.1. The Labute approximate surface area is 163 Å². The number of benzene rings is 1. The number of hydrogen-bond acceptors (Lipinski definition) is 6. The lowest BCUT2D eigenvalue weighted by molar-refractivity contribution is 0.0771. The van der Waals surface area contributed by atoms with Crippen LogP contribution in [0.2, 0.25) is 0 Å². The molecule has 0 saturated carbocycles. The van der Waals surface area contributed by atoms with Crippen LogP contribution >= 0.6 is 0 Å². The predicted octanol–water partition coefficient (Wildman–Crippen LogP) is 3.03. The Morgan fingerprint density at radius 3 is 2.75 bits per heavy atom. The van der Waals surface area contributed by atoms with E-state index in [9.17, 15) is 13.2 Å². The number of aromatic nitrogens is 2. The van der Waals surface area contributed by atoms with Crippen molar-refractivity contribution in [1.29, 1.82) is 0 Å². The highest BCUT2D eigenvalue weighted by molar-refractivity contribution is 7.90. The Balaban J connectivity index is 1.88. The van der Waals surface area contributed by atoms with Crippen molar-refractivity contribution in [2.24, 2.45) is 0 Å². The van der Waals surface area contributed by atoms with Crippen molar-refractivity contribution in [2.45, 2.75) is 30.3 Å². The second-order valence-corrected chi connectivity index (χ2v) is 8.45. The number of methoxy groups -OCH3 is 1. The van der Waals surface area contributed by atoms with E-state index in [0.29, 0.717) is 17.7 Å². The second kappa shape index (κ2) is 7.37. The summed E-state index contributed by atoms with van der Waals surface area (Å²) < 4.78 is 38.4. The third-order valence-corrected chi connectivity index (χ3v) is 6.53. The van der Waals surface area contributed by atoms with E-state index in [0.717, 1.165) is 16.8 Å². The number of fused-ring (bicyclic) bond motifs is 1. The number of carbonyl (C=O) groups is 1. The van der Waals surface area contributed by atoms with E-state index in [1.807, 2.05) is 0 Å². The van der Waals surface area contributed by atoms with Gasteiger partial charge in [-0.1, -0.05) is 18.2 Å². The Bertz CT molecular complexity index is 1120. The number of hydrogen-bond donors (Lipinski definition) is 0. The molecule has 0 amide bonds. The van der Waals surface area contributed by atoms with Crippen molar-refractivity contribution in [3.63, 3.8) is 0 Å². The first-order valence-corrected chi connectivity index (χ1v) is 10.5. The van der Waals surface area contributed by atoms with Crippen LogP contribution in [-0.2, 0) is 14.8 Å². The van der Waals surface area contributed by atoms with Crippen molar-refractivity contribution in [2.75, 3.05) is 13.7 Å². The molecule has 3 heterocycles. The van der Waals surface area contributed by atoms with Gasteiger partial charge in [0.1, 0.15) is 11.4 Å². The first-order valence-electron chi connectivity index (χ1n) is 9.01. The topological polar surface area (TPSA) is 87.5 Å². The zero-order valence-electron chi connectivity index (χ0n) is 15.4. The fourth-order valence-electron chi connectivity index (χ4n) is 3.41. The Morgan fingerprint density at radius 2 is 2.07 bits per heavy atom. The summed E-state index contributed by atoms with van der Waals surface area (Å²) in [6, 6.07) is 11.2. The number of nitrogens with zero attached hydrogens (tertiary/aromatic N) is 2. The monoisotopic (exact) mass is 400 g/mol. The maximum atomic E-state index is 13.3. The molecule has 1 unspecified atom stereocenters. The molecule has 0 aliphatic carbocycles. The average Bonchev–Trinajstić information content (AvgIpc) is 3.35. The van der Waals surface area contributed by atoms with E-state index in [2.05, 4.69) is 4.98 Å². The second-order valence-electron chi connectivity index (χ2n) is 6.66. The van der Waals surface area contributed by atoms with Gasteiger partial charge in [-0.15, -0.1) is 0 Å². The van der Waals surface area contributed by atoms with Gasteiger partial charge in [-0.2, -0.15) is 0 Å². The number of ketones is 1. The Morgan fingerprint density at radius 1 is 1.29 bits per heavy atom. The van der Waals surface area contributed by atoms with Gasteiger partial charge < -0.3 is 9.47 Å². The predicted molar refractivity (Wildman–Crippen MR) is 103 cm³/mol. The molecule has 1 atom stereocenters. The molecular weight excluding hydrogens is 380 g/mol. The van der Waals surface area contributed by atoms with Crippen LogP contribution in [0.5, 0.6) is 5.75 Å². The third-order valence-electron chi connectivity index (χ3n) is 4.81. The number of carbonyl (C=O) groups excluding carboxylic acids is 1. The third kappa shape index (κ3) is 3.29. The number of rotatable bonds is 6. The molecule has 1 fully saturated rings. The number of ether oxygens (including phenoxy) is 2. The molecule has 0 radical (unpaired) electrons. The van der Waals surface area contributed by atoms with Crippen molar-refractivity contribution in [3.05, 3.63) is 54.4 Å². The van der Waals surface area contributed by atoms with E-state index in [4.69, 9.17) is 9.47 Å². The molecule has 8 heteroatoms. The number of pyridine rings is 1. The molecule has 7 nitrogen and oxygen atoms in total. The fraction of sp³-hybridized carbons (Fsp3) is 0.300. The van der Waals surface area contributed by atoms with Crippen LogP contribution in [0.15, 0.2) is 53.6 Å². The molecule has 1 saturated heterocycles. The van der Waals surface area contributed by atoms with E-state index in [1.54, 1.807) is 30.3 Å². The lowest BCUT2D eigenvalue weighted by atomic mass is 10.1. The van der Waals surface area contributed by atoms with Gasteiger partial charge in [0.05, 0.1) is 24.3 Å². The van der Waals surface area contributed by atoms with Gasteiger partial charge >= 0.3 is 0 Å². The van der Waals surface area contributed by atoms with Crippen molar-refractivity contribution >= 4 is 26.8 Å². The highest BCUT2D eigenvalue weighted by Crippen LogP contribution is 2.28. The standard InChI is InChI=1S/C20H20N2O5S/c1-26-16-10-14-11-18(19(23)12-15-6-5-9-27-15)22(20(14)21-13-16)28(24,25)17-7-3-2-4-8-17/h2-4,7-8,10-11,13,15H,5-6,9,12H2,1H3. The Hall–Kier alpha value is -2.71. The molecule has 0 spiro atoms. The molecule has 0 bridgehead atoms. The summed E-state index contributed by atoms with van der Waals surface area (Å²) in [6.07, 6.45) is 3.09. The van der Waals surface area contributed by atoms with Gasteiger partial charge in [0.15, 0.2) is 11.4 Å².